The number of esters is 1. The Morgan fingerprint density at radius 1 is 1.19 bits per heavy atom. The van der Waals surface area contributed by atoms with Crippen molar-refractivity contribution in [3.63, 3.8) is 0 Å². The number of ether oxygens (including phenoxy) is 3. The van der Waals surface area contributed by atoms with Crippen molar-refractivity contribution in [2.75, 3.05) is 26.1 Å². The fraction of sp³-hybridized carbons (Fsp3) is 0.176. The van der Waals surface area contributed by atoms with Crippen molar-refractivity contribution in [3.8, 4) is 11.5 Å². The molecular formula is C17H16N2O8. The number of carbonyl (C=O) groups excluding carboxylic acids is 2. The van der Waals surface area contributed by atoms with Crippen LogP contribution in [0.2, 0.25) is 0 Å². The average Bonchev–Trinajstić information content (AvgIpc) is 3.14. The number of methoxy groups -OCH3 is 2. The summed E-state index contributed by atoms with van der Waals surface area (Å²) in [6.07, 6.45) is 2.19. The van der Waals surface area contributed by atoms with Gasteiger partial charge in [-0.3, -0.25) is 14.9 Å². The van der Waals surface area contributed by atoms with E-state index in [0.717, 1.165) is 12.1 Å². The van der Waals surface area contributed by atoms with Gasteiger partial charge in [0.25, 0.3) is 5.91 Å². The van der Waals surface area contributed by atoms with E-state index in [1.54, 1.807) is 18.2 Å². The van der Waals surface area contributed by atoms with Crippen molar-refractivity contribution in [2.45, 2.75) is 0 Å². The van der Waals surface area contributed by atoms with Crippen LogP contribution in [-0.2, 0) is 14.3 Å². The van der Waals surface area contributed by atoms with Gasteiger partial charge >= 0.3 is 11.9 Å². The lowest BCUT2D eigenvalue weighted by Crippen LogP contribution is -2.20. The number of hydrogen-bond acceptors (Lipinski definition) is 8. The molecule has 1 aromatic heterocycles. The maximum atomic E-state index is 11.8. The van der Waals surface area contributed by atoms with Gasteiger partial charge in [-0.05, 0) is 24.3 Å². The molecule has 0 aliphatic rings. The van der Waals surface area contributed by atoms with Gasteiger partial charge in [0.15, 0.2) is 18.1 Å². The van der Waals surface area contributed by atoms with E-state index in [1.807, 2.05) is 0 Å². The van der Waals surface area contributed by atoms with E-state index in [0.29, 0.717) is 17.2 Å². The summed E-state index contributed by atoms with van der Waals surface area (Å²) in [7, 11) is 2.95. The Labute approximate surface area is 153 Å². The molecule has 0 saturated carbocycles. The minimum absolute atomic E-state index is 0.105. The quantitative estimate of drug-likeness (QED) is 0.322. The van der Waals surface area contributed by atoms with Gasteiger partial charge < -0.3 is 23.9 Å². The highest BCUT2D eigenvalue weighted by atomic mass is 16.6. The van der Waals surface area contributed by atoms with E-state index in [4.69, 9.17) is 18.6 Å². The molecule has 27 heavy (non-hydrogen) atoms. The van der Waals surface area contributed by atoms with Crippen molar-refractivity contribution in [1.29, 1.82) is 0 Å². The first-order valence-electron chi connectivity index (χ1n) is 7.54. The minimum Gasteiger partial charge on any atom is -0.493 e. The van der Waals surface area contributed by atoms with Crippen LogP contribution in [0.1, 0.15) is 5.76 Å². The predicted octanol–water partition coefficient (Wildman–Crippen LogP) is 2.40. The van der Waals surface area contributed by atoms with Crippen LogP contribution in [0, 0.1) is 10.1 Å². The lowest BCUT2D eigenvalue weighted by molar-refractivity contribution is -0.402. The highest BCUT2D eigenvalue weighted by molar-refractivity contribution is 5.94. The molecule has 10 nitrogen and oxygen atoms in total. The molecular weight excluding hydrogens is 360 g/mol. The maximum Gasteiger partial charge on any atom is 0.433 e. The average molecular weight is 376 g/mol. The largest absolute Gasteiger partial charge is 0.493 e. The van der Waals surface area contributed by atoms with Crippen LogP contribution in [0.15, 0.2) is 40.8 Å². The van der Waals surface area contributed by atoms with Gasteiger partial charge in [-0.2, -0.15) is 0 Å². The highest BCUT2D eigenvalue weighted by Crippen LogP contribution is 2.29. The molecule has 0 fully saturated rings. The Balaban J connectivity index is 1.84. The summed E-state index contributed by atoms with van der Waals surface area (Å²) in [5, 5.41) is 13.0. The third kappa shape index (κ3) is 5.59. The van der Waals surface area contributed by atoms with Gasteiger partial charge in [-0.15, -0.1) is 0 Å². The Morgan fingerprint density at radius 3 is 2.56 bits per heavy atom. The molecule has 142 valence electrons. The molecule has 1 amide bonds. The topological polar surface area (TPSA) is 130 Å². The van der Waals surface area contributed by atoms with Crippen LogP contribution in [0.25, 0.3) is 6.08 Å². The smallest absolute Gasteiger partial charge is 0.433 e. The number of nitro groups is 1. The fourth-order valence-corrected chi connectivity index (χ4v) is 1.98. The van der Waals surface area contributed by atoms with Gasteiger partial charge in [-0.25, -0.2) is 4.79 Å². The molecule has 10 heteroatoms. The highest BCUT2D eigenvalue weighted by Gasteiger charge is 2.11. The molecule has 0 atom stereocenters. The summed E-state index contributed by atoms with van der Waals surface area (Å²) >= 11 is 0. The molecule has 0 unspecified atom stereocenters. The lowest BCUT2D eigenvalue weighted by atomic mass is 10.2. The zero-order chi connectivity index (χ0) is 19.8. The molecule has 0 aliphatic heterocycles. The molecule has 0 spiro atoms. The third-order valence-corrected chi connectivity index (χ3v) is 3.19. The Kier molecular flexibility index (Phi) is 6.53. The van der Waals surface area contributed by atoms with Gasteiger partial charge in [-0.1, -0.05) is 0 Å². The first-order valence-corrected chi connectivity index (χ1v) is 7.54. The van der Waals surface area contributed by atoms with Crippen molar-refractivity contribution in [3.05, 3.63) is 52.3 Å². The molecule has 1 aromatic carbocycles. The number of nitrogens with one attached hydrogen (secondary N) is 1. The molecule has 0 aliphatic carbocycles. The molecule has 0 bridgehead atoms. The number of carbonyl (C=O) groups is 2. The second-order valence-electron chi connectivity index (χ2n) is 4.99. The number of nitrogens with zero attached hydrogens (tertiary/aromatic N) is 1. The normalized spacial score (nSPS) is 10.4. The van der Waals surface area contributed by atoms with Crippen LogP contribution >= 0.6 is 0 Å². The summed E-state index contributed by atoms with van der Waals surface area (Å²) in [5.41, 5.74) is 0.437. The van der Waals surface area contributed by atoms with Crippen LogP contribution in [-0.4, -0.2) is 37.6 Å². The van der Waals surface area contributed by atoms with Crippen LogP contribution in [0.4, 0.5) is 11.6 Å². The van der Waals surface area contributed by atoms with Crippen molar-refractivity contribution < 1.29 is 33.1 Å². The van der Waals surface area contributed by atoms with Crippen molar-refractivity contribution >= 4 is 29.5 Å². The van der Waals surface area contributed by atoms with Crippen molar-refractivity contribution in [2.24, 2.45) is 0 Å². The van der Waals surface area contributed by atoms with Gasteiger partial charge in [0.05, 0.1) is 20.3 Å². The maximum absolute atomic E-state index is 11.8. The minimum atomic E-state index is -0.809. The van der Waals surface area contributed by atoms with Gasteiger partial charge in [0.2, 0.25) is 0 Å². The van der Waals surface area contributed by atoms with Gasteiger partial charge in [0, 0.05) is 17.8 Å². The number of hydrogen-bond donors (Lipinski definition) is 1. The summed E-state index contributed by atoms with van der Waals surface area (Å²) < 4.78 is 19.8. The number of benzene rings is 1. The molecule has 0 radical (unpaired) electrons. The molecule has 2 aromatic rings. The standard InChI is InChI=1S/C17H16N2O8/c1-24-13-6-3-11(9-14(13)25-2)18-15(20)10-26-17(21)8-5-12-4-7-16(27-12)19(22)23/h3-9H,10H2,1-2H3,(H,18,20)/b8-5+. The Hall–Kier alpha value is -3.82. The van der Waals surface area contributed by atoms with E-state index in [9.17, 15) is 19.7 Å². The lowest BCUT2D eigenvalue weighted by Gasteiger charge is -2.10. The predicted molar refractivity (Wildman–Crippen MR) is 93.5 cm³/mol. The second kappa shape index (κ2) is 9.04. The third-order valence-electron chi connectivity index (χ3n) is 3.19. The Morgan fingerprint density at radius 2 is 1.93 bits per heavy atom. The fourth-order valence-electron chi connectivity index (χ4n) is 1.98. The summed E-state index contributed by atoms with van der Waals surface area (Å²) in [6, 6.07) is 7.26. The summed E-state index contributed by atoms with van der Waals surface area (Å²) in [6.45, 7) is -0.518. The zero-order valence-corrected chi connectivity index (χ0v) is 14.5. The van der Waals surface area contributed by atoms with E-state index in [1.165, 1.54) is 26.4 Å². The van der Waals surface area contributed by atoms with E-state index >= 15 is 0 Å². The molecule has 0 saturated heterocycles. The first-order chi connectivity index (χ1) is 12.9. The van der Waals surface area contributed by atoms with Crippen LogP contribution in [0.5, 0.6) is 11.5 Å². The van der Waals surface area contributed by atoms with E-state index in [-0.39, 0.29) is 5.76 Å². The number of anilines is 1. The number of furan rings is 1. The van der Waals surface area contributed by atoms with Crippen molar-refractivity contribution in [1.82, 2.24) is 0 Å². The summed E-state index contributed by atoms with van der Waals surface area (Å²) in [5.74, 6) is -0.770. The molecule has 1 heterocycles. The summed E-state index contributed by atoms with van der Waals surface area (Å²) in [4.78, 5) is 33.2. The Bertz CT molecular complexity index is 872. The second-order valence-corrected chi connectivity index (χ2v) is 4.99. The SMILES string of the molecule is COc1ccc(NC(=O)COC(=O)/C=C/c2ccc([N+](=O)[O-])o2)cc1OC. The van der Waals surface area contributed by atoms with E-state index in [2.05, 4.69) is 5.32 Å². The molecule has 2 rings (SSSR count). The monoisotopic (exact) mass is 376 g/mol. The number of amides is 1. The van der Waals surface area contributed by atoms with Gasteiger partial charge in [0.1, 0.15) is 10.7 Å². The first kappa shape index (κ1) is 19.5. The van der Waals surface area contributed by atoms with Crippen LogP contribution in [0.3, 0.4) is 0 Å². The van der Waals surface area contributed by atoms with E-state index < -0.39 is 29.3 Å². The zero-order valence-electron chi connectivity index (χ0n) is 14.5. The molecule has 1 N–H and O–H groups in total. The van der Waals surface area contributed by atoms with Crippen LogP contribution < -0.4 is 14.8 Å². The number of rotatable bonds is 8.